The minimum Gasteiger partial charge on any atom is -0.463 e. The monoisotopic (exact) mass is 562 g/mol. The molecule has 0 radical (unpaired) electrons. The molecule has 1 aliphatic carbocycles. The van der Waals surface area contributed by atoms with Crippen molar-refractivity contribution in [2.45, 2.75) is 50.1 Å². The summed E-state index contributed by atoms with van der Waals surface area (Å²) in [5, 5.41) is 0. The van der Waals surface area contributed by atoms with Crippen LogP contribution >= 0.6 is 0 Å². The number of hydrogen-bond donors (Lipinski definition) is 0. The molecule has 40 heavy (non-hydrogen) atoms. The van der Waals surface area contributed by atoms with Crippen molar-refractivity contribution in [2.75, 3.05) is 52.9 Å². The van der Waals surface area contributed by atoms with E-state index in [4.69, 9.17) is 37.9 Å². The maximum atomic E-state index is 11.9. The standard InChI is InChI=1S/C14H20O6.C14H14O6/c15-13(19-7-11-5-17-11)9-1-2-10(4-3-9)14(16)20-8-12-6-18-12;15-13(19-7-9-5-17-9)11-3-1-2-4-12(11)14(16)20-8-10-6-18-10/h9-12H,1-8H2;1-4,9-10H,5-8H2. The van der Waals surface area contributed by atoms with E-state index < -0.39 is 11.9 Å². The van der Waals surface area contributed by atoms with Gasteiger partial charge in [-0.05, 0) is 37.8 Å². The third kappa shape index (κ3) is 9.26. The molecule has 4 aliphatic heterocycles. The van der Waals surface area contributed by atoms with Gasteiger partial charge in [0.05, 0.1) is 49.4 Å². The fourth-order valence-corrected chi connectivity index (χ4v) is 4.14. The number of epoxide rings is 4. The number of benzene rings is 1. The van der Waals surface area contributed by atoms with Crippen LogP contribution in [0.4, 0.5) is 0 Å². The van der Waals surface area contributed by atoms with Gasteiger partial charge in [-0.3, -0.25) is 9.59 Å². The molecule has 0 amide bonds. The molecule has 0 spiro atoms. The lowest BCUT2D eigenvalue weighted by Gasteiger charge is -2.25. The lowest BCUT2D eigenvalue weighted by atomic mass is 9.82. The summed E-state index contributed by atoms with van der Waals surface area (Å²) >= 11 is 0. The topological polar surface area (TPSA) is 155 Å². The Balaban J connectivity index is 0.000000161. The summed E-state index contributed by atoms with van der Waals surface area (Å²) in [5.41, 5.74) is 0.407. The molecule has 4 unspecified atom stereocenters. The van der Waals surface area contributed by atoms with E-state index in [1.54, 1.807) is 24.3 Å². The Labute approximate surface area is 231 Å². The first-order chi connectivity index (χ1) is 19.5. The zero-order chi connectivity index (χ0) is 27.9. The molecule has 0 N–H and O–H groups in total. The van der Waals surface area contributed by atoms with Crippen LogP contribution in [-0.4, -0.2) is 101 Å². The molecular formula is C28H34O12. The molecule has 4 saturated heterocycles. The molecule has 0 aromatic heterocycles. The van der Waals surface area contributed by atoms with Crippen LogP contribution in [0.5, 0.6) is 0 Å². The Kier molecular flexibility index (Phi) is 9.63. The largest absolute Gasteiger partial charge is 0.463 e. The van der Waals surface area contributed by atoms with Crippen LogP contribution in [0, 0.1) is 11.8 Å². The van der Waals surface area contributed by atoms with E-state index in [0.717, 1.165) is 0 Å². The third-order valence-corrected chi connectivity index (χ3v) is 6.99. The smallest absolute Gasteiger partial charge is 0.339 e. The van der Waals surface area contributed by atoms with Crippen molar-refractivity contribution < 1.29 is 57.1 Å². The average Bonchev–Trinajstić information content (AvgIpc) is 3.80. The lowest BCUT2D eigenvalue weighted by Crippen LogP contribution is -2.29. The fraction of sp³-hybridized carbons (Fsp3) is 0.643. The van der Waals surface area contributed by atoms with Crippen molar-refractivity contribution in [2.24, 2.45) is 11.8 Å². The van der Waals surface area contributed by atoms with E-state index in [2.05, 4.69) is 0 Å². The summed E-state index contributed by atoms with van der Waals surface area (Å²) < 4.78 is 40.5. The Bertz CT molecular complexity index is 966. The van der Waals surface area contributed by atoms with E-state index in [9.17, 15) is 19.2 Å². The van der Waals surface area contributed by atoms with Gasteiger partial charge in [-0.25, -0.2) is 9.59 Å². The first-order valence-electron chi connectivity index (χ1n) is 13.7. The summed E-state index contributed by atoms with van der Waals surface area (Å²) in [5.74, 6) is -1.56. The van der Waals surface area contributed by atoms with E-state index >= 15 is 0 Å². The highest BCUT2D eigenvalue weighted by Gasteiger charge is 2.34. The van der Waals surface area contributed by atoms with Gasteiger partial charge in [0.25, 0.3) is 0 Å². The van der Waals surface area contributed by atoms with Crippen LogP contribution in [0.1, 0.15) is 46.4 Å². The van der Waals surface area contributed by atoms with E-state index in [1.165, 1.54) is 0 Å². The van der Waals surface area contributed by atoms with Gasteiger partial charge in [-0.2, -0.15) is 0 Å². The quantitative estimate of drug-likeness (QED) is 0.206. The second kappa shape index (κ2) is 13.5. The Morgan fingerprint density at radius 3 is 1.15 bits per heavy atom. The number of hydrogen-bond acceptors (Lipinski definition) is 12. The number of carbonyl (C=O) groups is 4. The van der Waals surface area contributed by atoms with Gasteiger partial charge in [0.15, 0.2) is 0 Å². The third-order valence-electron chi connectivity index (χ3n) is 6.99. The predicted molar refractivity (Wildman–Crippen MR) is 133 cm³/mol. The highest BCUT2D eigenvalue weighted by molar-refractivity contribution is 6.03. The number of esters is 4. The summed E-state index contributed by atoms with van der Waals surface area (Å²) in [6, 6.07) is 6.43. The zero-order valence-corrected chi connectivity index (χ0v) is 22.2. The van der Waals surface area contributed by atoms with Crippen molar-refractivity contribution in [3.63, 3.8) is 0 Å². The van der Waals surface area contributed by atoms with E-state index in [-0.39, 0.29) is 72.5 Å². The molecule has 4 atom stereocenters. The summed E-state index contributed by atoms with van der Waals surface area (Å²) in [6.07, 6.45) is 2.99. The van der Waals surface area contributed by atoms with Crippen LogP contribution in [0.2, 0.25) is 0 Å². The number of rotatable bonds is 12. The molecule has 1 aromatic rings. The zero-order valence-electron chi connectivity index (χ0n) is 22.2. The van der Waals surface area contributed by atoms with Crippen LogP contribution in [-0.2, 0) is 47.5 Å². The molecule has 1 aromatic carbocycles. The Morgan fingerprint density at radius 2 is 0.850 bits per heavy atom. The minimum absolute atomic E-state index is 0.00919. The van der Waals surface area contributed by atoms with Gasteiger partial charge in [0.2, 0.25) is 0 Å². The van der Waals surface area contributed by atoms with Crippen molar-refractivity contribution in [3.05, 3.63) is 35.4 Å². The Hall–Kier alpha value is -3.06. The van der Waals surface area contributed by atoms with E-state index in [0.29, 0.717) is 65.3 Å². The lowest BCUT2D eigenvalue weighted by molar-refractivity contribution is -0.155. The van der Waals surface area contributed by atoms with Crippen LogP contribution in [0.15, 0.2) is 24.3 Å². The maximum absolute atomic E-state index is 11.9. The van der Waals surface area contributed by atoms with Crippen LogP contribution < -0.4 is 0 Å². The summed E-state index contributed by atoms with van der Waals surface area (Å²) in [4.78, 5) is 47.5. The summed E-state index contributed by atoms with van der Waals surface area (Å²) in [7, 11) is 0. The Morgan fingerprint density at radius 1 is 0.550 bits per heavy atom. The highest BCUT2D eigenvalue weighted by Crippen LogP contribution is 2.31. The second-order valence-electron chi connectivity index (χ2n) is 10.4. The molecule has 0 bridgehead atoms. The first-order valence-corrected chi connectivity index (χ1v) is 13.7. The minimum atomic E-state index is -0.546. The SMILES string of the molecule is O=C(OCC1CO1)C1CCC(C(=O)OCC2CO2)CC1.O=C(OCC1CO1)c1ccccc1C(=O)OCC1CO1. The molecule has 12 heteroatoms. The first kappa shape index (κ1) is 28.5. The fourth-order valence-electron chi connectivity index (χ4n) is 4.14. The summed E-state index contributed by atoms with van der Waals surface area (Å²) in [6.45, 7) is 3.74. The molecule has 4 heterocycles. The molecule has 12 nitrogen and oxygen atoms in total. The van der Waals surface area contributed by atoms with Crippen molar-refractivity contribution >= 4 is 23.9 Å². The maximum Gasteiger partial charge on any atom is 0.339 e. The highest BCUT2D eigenvalue weighted by atomic mass is 16.6. The molecule has 1 saturated carbocycles. The molecule has 218 valence electrons. The molecule has 5 aliphatic rings. The van der Waals surface area contributed by atoms with Gasteiger partial charge >= 0.3 is 23.9 Å². The van der Waals surface area contributed by atoms with Gasteiger partial charge < -0.3 is 37.9 Å². The molecule has 5 fully saturated rings. The molecular weight excluding hydrogens is 528 g/mol. The van der Waals surface area contributed by atoms with Crippen molar-refractivity contribution in [1.82, 2.24) is 0 Å². The van der Waals surface area contributed by atoms with Gasteiger partial charge in [-0.15, -0.1) is 0 Å². The second-order valence-corrected chi connectivity index (χ2v) is 10.4. The van der Waals surface area contributed by atoms with Gasteiger partial charge in [-0.1, -0.05) is 12.1 Å². The van der Waals surface area contributed by atoms with Gasteiger partial charge in [0.1, 0.15) is 50.8 Å². The van der Waals surface area contributed by atoms with E-state index in [1.807, 2.05) is 0 Å². The predicted octanol–water partition coefficient (Wildman–Crippen LogP) is 1.47. The normalized spacial score (nSPS) is 29.1. The molecule has 6 rings (SSSR count). The van der Waals surface area contributed by atoms with Crippen molar-refractivity contribution in [3.8, 4) is 0 Å². The van der Waals surface area contributed by atoms with Crippen LogP contribution in [0.3, 0.4) is 0 Å². The average molecular weight is 563 g/mol. The van der Waals surface area contributed by atoms with Crippen LogP contribution in [0.25, 0.3) is 0 Å². The number of carbonyl (C=O) groups excluding carboxylic acids is 4. The number of ether oxygens (including phenoxy) is 8. The van der Waals surface area contributed by atoms with Crippen molar-refractivity contribution in [1.29, 1.82) is 0 Å². The van der Waals surface area contributed by atoms with Gasteiger partial charge in [0, 0.05) is 0 Å².